The number of hydrogen-bond acceptors (Lipinski definition) is 4. The molecule has 4 nitrogen and oxygen atoms in total. The molecule has 1 aromatic carbocycles. The lowest BCUT2D eigenvalue weighted by Crippen LogP contribution is -2.32. The number of rotatable bonds is 6. The molecule has 1 atom stereocenters. The first kappa shape index (κ1) is 14.8. The van der Waals surface area contributed by atoms with Crippen molar-refractivity contribution in [1.29, 1.82) is 0 Å². The van der Waals surface area contributed by atoms with E-state index in [4.69, 9.17) is 16.3 Å². The molecule has 106 valence electrons. The second-order valence-corrected chi connectivity index (χ2v) is 5.34. The summed E-state index contributed by atoms with van der Waals surface area (Å²) in [5.41, 5.74) is 0.800. The predicted octanol–water partition coefficient (Wildman–Crippen LogP) is 2.63. The standard InChI is InChI=1S/C14H14ClNO3S/c15-11-1-3-12(4-2-11)19-8-14(18)16-7-13(17)10-5-6-20-9-10/h1-6,9,13,17H,7-8H2,(H,16,18). The SMILES string of the molecule is O=C(COc1ccc(Cl)cc1)NCC(O)c1ccsc1. The molecule has 2 rings (SSSR count). The zero-order valence-corrected chi connectivity index (χ0v) is 12.2. The van der Waals surface area contributed by atoms with Gasteiger partial charge in [0.05, 0.1) is 6.10 Å². The summed E-state index contributed by atoms with van der Waals surface area (Å²) in [6, 6.07) is 8.58. The fraction of sp³-hybridized carbons (Fsp3) is 0.214. The third-order valence-electron chi connectivity index (χ3n) is 2.60. The maximum atomic E-state index is 11.6. The van der Waals surface area contributed by atoms with Gasteiger partial charge in [-0.3, -0.25) is 4.79 Å². The molecule has 0 bridgehead atoms. The fourth-order valence-electron chi connectivity index (χ4n) is 1.52. The van der Waals surface area contributed by atoms with Crippen LogP contribution in [0.5, 0.6) is 5.75 Å². The van der Waals surface area contributed by atoms with Crippen LogP contribution in [-0.4, -0.2) is 24.2 Å². The minimum Gasteiger partial charge on any atom is -0.484 e. The highest BCUT2D eigenvalue weighted by Crippen LogP contribution is 2.16. The van der Waals surface area contributed by atoms with Crippen molar-refractivity contribution in [3.63, 3.8) is 0 Å². The molecule has 20 heavy (non-hydrogen) atoms. The zero-order chi connectivity index (χ0) is 14.4. The van der Waals surface area contributed by atoms with E-state index in [0.29, 0.717) is 10.8 Å². The summed E-state index contributed by atoms with van der Waals surface area (Å²) in [5, 5.41) is 16.8. The molecule has 0 aliphatic rings. The molecular formula is C14H14ClNO3S. The number of ether oxygens (including phenoxy) is 1. The van der Waals surface area contributed by atoms with Crippen LogP contribution in [0.15, 0.2) is 41.1 Å². The van der Waals surface area contributed by atoms with Crippen LogP contribution < -0.4 is 10.1 Å². The summed E-state index contributed by atoms with van der Waals surface area (Å²) in [6.07, 6.45) is -0.694. The van der Waals surface area contributed by atoms with Crippen LogP contribution in [0.1, 0.15) is 11.7 Å². The maximum Gasteiger partial charge on any atom is 0.258 e. The Bertz CT molecular complexity index is 542. The van der Waals surface area contributed by atoms with Crippen LogP contribution in [-0.2, 0) is 4.79 Å². The van der Waals surface area contributed by atoms with Crippen molar-refractivity contribution < 1.29 is 14.6 Å². The van der Waals surface area contributed by atoms with Crippen molar-refractivity contribution in [2.75, 3.05) is 13.2 Å². The van der Waals surface area contributed by atoms with E-state index in [2.05, 4.69) is 5.32 Å². The van der Waals surface area contributed by atoms with E-state index in [9.17, 15) is 9.90 Å². The van der Waals surface area contributed by atoms with Gasteiger partial charge in [-0.1, -0.05) is 11.6 Å². The van der Waals surface area contributed by atoms with Gasteiger partial charge in [0.15, 0.2) is 6.61 Å². The van der Waals surface area contributed by atoms with E-state index in [1.54, 1.807) is 24.3 Å². The van der Waals surface area contributed by atoms with Gasteiger partial charge in [-0.2, -0.15) is 11.3 Å². The number of amides is 1. The summed E-state index contributed by atoms with van der Waals surface area (Å²) in [6.45, 7) is 0.0670. The van der Waals surface area contributed by atoms with Crippen molar-refractivity contribution in [2.45, 2.75) is 6.10 Å². The summed E-state index contributed by atoms with van der Waals surface area (Å²) >= 11 is 7.25. The first-order valence-corrected chi connectivity index (χ1v) is 7.32. The Morgan fingerprint density at radius 2 is 2.10 bits per heavy atom. The Kier molecular flexibility index (Phi) is 5.40. The highest BCUT2D eigenvalue weighted by molar-refractivity contribution is 7.07. The molecule has 0 radical (unpaired) electrons. The summed E-state index contributed by atoms with van der Waals surface area (Å²) in [7, 11) is 0. The van der Waals surface area contributed by atoms with Gasteiger partial charge in [0, 0.05) is 11.6 Å². The second-order valence-electron chi connectivity index (χ2n) is 4.12. The summed E-state index contributed by atoms with van der Waals surface area (Å²) in [4.78, 5) is 11.6. The van der Waals surface area contributed by atoms with Gasteiger partial charge in [-0.25, -0.2) is 0 Å². The Balaban J connectivity index is 1.71. The molecule has 0 saturated heterocycles. The van der Waals surface area contributed by atoms with E-state index in [-0.39, 0.29) is 19.1 Å². The number of benzene rings is 1. The van der Waals surface area contributed by atoms with Crippen molar-refractivity contribution in [3.05, 3.63) is 51.7 Å². The van der Waals surface area contributed by atoms with E-state index < -0.39 is 6.10 Å². The summed E-state index contributed by atoms with van der Waals surface area (Å²) < 4.78 is 5.30. The minimum absolute atomic E-state index is 0.0992. The molecule has 2 aromatic rings. The lowest BCUT2D eigenvalue weighted by atomic mass is 10.2. The third-order valence-corrected chi connectivity index (χ3v) is 3.56. The molecule has 2 N–H and O–H groups in total. The van der Waals surface area contributed by atoms with Crippen molar-refractivity contribution in [2.24, 2.45) is 0 Å². The van der Waals surface area contributed by atoms with Crippen LogP contribution >= 0.6 is 22.9 Å². The lowest BCUT2D eigenvalue weighted by Gasteiger charge is -2.11. The molecule has 1 heterocycles. The van der Waals surface area contributed by atoms with Gasteiger partial charge in [-0.15, -0.1) is 0 Å². The Labute approximate surface area is 126 Å². The van der Waals surface area contributed by atoms with E-state index in [1.807, 2.05) is 16.8 Å². The molecule has 0 fully saturated rings. The number of hydrogen-bond donors (Lipinski definition) is 2. The number of thiophene rings is 1. The number of nitrogens with one attached hydrogen (secondary N) is 1. The Hall–Kier alpha value is -1.56. The predicted molar refractivity (Wildman–Crippen MR) is 79.2 cm³/mol. The van der Waals surface area contributed by atoms with Crippen LogP contribution in [0, 0.1) is 0 Å². The van der Waals surface area contributed by atoms with E-state index in [1.165, 1.54) is 11.3 Å². The fourth-order valence-corrected chi connectivity index (χ4v) is 2.36. The van der Waals surface area contributed by atoms with Gasteiger partial charge in [0.25, 0.3) is 5.91 Å². The van der Waals surface area contributed by atoms with Gasteiger partial charge >= 0.3 is 0 Å². The highest BCUT2D eigenvalue weighted by atomic mass is 35.5. The molecule has 0 spiro atoms. The Morgan fingerprint density at radius 1 is 1.35 bits per heavy atom. The Morgan fingerprint density at radius 3 is 2.75 bits per heavy atom. The number of carbonyl (C=O) groups is 1. The van der Waals surface area contributed by atoms with Crippen LogP contribution in [0.25, 0.3) is 0 Å². The molecule has 0 aliphatic heterocycles. The van der Waals surface area contributed by atoms with Crippen molar-refractivity contribution >= 4 is 28.8 Å². The van der Waals surface area contributed by atoms with Gasteiger partial charge in [-0.05, 0) is 46.7 Å². The van der Waals surface area contributed by atoms with Crippen LogP contribution in [0.2, 0.25) is 5.02 Å². The third kappa shape index (κ3) is 4.52. The first-order chi connectivity index (χ1) is 9.65. The maximum absolute atomic E-state index is 11.6. The largest absolute Gasteiger partial charge is 0.484 e. The average Bonchev–Trinajstić information content (AvgIpc) is 2.98. The highest BCUT2D eigenvalue weighted by Gasteiger charge is 2.10. The van der Waals surface area contributed by atoms with Gasteiger partial charge in [0.1, 0.15) is 5.75 Å². The number of aliphatic hydroxyl groups excluding tert-OH is 1. The lowest BCUT2D eigenvalue weighted by molar-refractivity contribution is -0.123. The number of halogens is 1. The smallest absolute Gasteiger partial charge is 0.258 e. The zero-order valence-electron chi connectivity index (χ0n) is 10.6. The molecule has 6 heteroatoms. The number of carbonyl (C=O) groups excluding carboxylic acids is 1. The van der Waals surface area contributed by atoms with Crippen molar-refractivity contribution in [3.8, 4) is 5.75 Å². The van der Waals surface area contributed by atoms with Gasteiger partial charge < -0.3 is 15.2 Å². The topological polar surface area (TPSA) is 58.6 Å². The average molecular weight is 312 g/mol. The number of aliphatic hydroxyl groups is 1. The quantitative estimate of drug-likeness (QED) is 0.862. The molecular weight excluding hydrogens is 298 g/mol. The normalized spacial score (nSPS) is 11.9. The van der Waals surface area contributed by atoms with Gasteiger partial charge in [0.2, 0.25) is 0 Å². The minimum atomic E-state index is -0.694. The molecule has 1 aromatic heterocycles. The second kappa shape index (κ2) is 7.28. The van der Waals surface area contributed by atoms with Crippen LogP contribution in [0.3, 0.4) is 0 Å². The monoisotopic (exact) mass is 311 g/mol. The van der Waals surface area contributed by atoms with E-state index >= 15 is 0 Å². The first-order valence-electron chi connectivity index (χ1n) is 6.00. The van der Waals surface area contributed by atoms with E-state index in [0.717, 1.165) is 5.56 Å². The molecule has 0 saturated carbocycles. The van der Waals surface area contributed by atoms with Crippen LogP contribution in [0.4, 0.5) is 0 Å². The summed E-state index contributed by atoms with van der Waals surface area (Å²) in [5.74, 6) is 0.289. The molecule has 1 amide bonds. The van der Waals surface area contributed by atoms with Crippen molar-refractivity contribution in [1.82, 2.24) is 5.32 Å². The molecule has 0 aliphatic carbocycles. The molecule has 1 unspecified atom stereocenters.